The Kier molecular flexibility index (Phi) is 33.3. The van der Waals surface area contributed by atoms with Crippen molar-refractivity contribution >= 4 is 5.97 Å². The van der Waals surface area contributed by atoms with E-state index in [-0.39, 0.29) is 5.97 Å². The van der Waals surface area contributed by atoms with E-state index in [1.807, 2.05) is 19.4 Å². The number of hydrogen-bond donors (Lipinski definition) is 0. The molecule has 0 heterocycles. The molecule has 0 aliphatic rings. The van der Waals surface area contributed by atoms with Gasteiger partial charge in [-0.05, 0) is 44.3 Å². The van der Waals surface area contributed by atoms with Gasteiger partial charge in [0.25, 0.3) is 0 Å². The van der Waals surface area contributed by atoms with Crippen LogP contribution in [0, 0.1) is 0 Å². The molecule has 3 heteroatoms. The van der Waals surface area contributed by atoms with E-state index in [9.17, 15) is 4.79 Å². The molecule has 194 valence electrons. The van der Waals surface area contributed by atoms with E-state index < -0.39 is 0 Å². The van der Waals surface area contributed by atoms with Gasteiger partial charge in [-0.2, -0.15) is 0 Å². The first-order chi connectivity index (χ1) is 16.2. The van der Waals surface area contributed by atoms with Gasteiger partial charge in [0.1, 0.15) is 0 Å². The van der Waals surface area contributed by atoms with Gasteiger partial charge in [0.15, 0.2) is 0 Å². The molecule has 0 radical (unpaired) electrons. The van der Waals surface area contributed by atoms with Crippen LogP contribution in [0.15, 0.2) is 37.5 Å². The van der Waals surface area contributed by atoms with Gasteiger partial charge in [0, 0.05) is 6.42 Å². The number of allylic oxidation sites excluding steroid dienone is 2. The predicted octanol–water partition coefficient (Wildman–Crippen LogP) is 10.6. The number of hydrogen-bond acceptors (Lipinski definition) is 3. The van der Waals surface area contributed by atoms with Gasteiger partial charge in [-0.25, -0.2) is 0 Å². The second-order valence-electron chi connectivity index (χ2n) is 8.81. The second kappa shape index (κ2) is 32.7. The highest BCUT2D eigenvalue weighted by Crippen LogP contribution is 2.11. The summed E-state index contributed by atoms with van der Waals surface area (Å²) in [4.78, 5) is 10.3. The van der Waals surface area contributed by atoms with Crippen molar-refractivity contribution in [2.75, 3.05) is 0 Å². The van der Waals surface area contributed by atoms with Crippen molar-refractivity contribution in [2.24, 2.45) is 0 Å². The second-order valence-corrected chi connectivity index (χ2v) is 8.81. The lowest BCUT2D eigenvalue weighted by atomic mass is 10.1. The summed E-state index contributed by atoms with van der Waals surface area (Å²) in [6, 6.07) is 0. The minimum Gasteiger partial charge on any atom is -0.473 e. The summed E-state index contributed by atoms with van der Waals surface area (Å²) in [7, 11) is 0. The topological polar surface area (TPSA) is 35.5 Å². The van der Waals surface area contributed by atoms with Crippen LogP contribution in [0.4, 0.5) is 0 Å². The SMILES string of the molecule is C=COC(=O)CCC.CCCCCCCCCCC=COC=CCCCCCCCCCC. The molecule has 0 unspecified atom stereocenters. The summed E-state index contributed by atoms with van der Waals surface area (Å²) in [6.07, 6.45) is 35.0. The minimum atomic E-state index is -0.206. The maximum absolute atomic E-state index is 10.3. The van der Waals surface area contributed by atoms with Crippen molar-refractivity contribution in [1.82, 2.24) is 0 Å². The molecule has 0 aliphatic heterocycles. The van der Waals surface area contributed by atoms with Crippen LogP contribution < -0.4 is 0 Å². The van der Waals surface area contributed by atoms with Crippen molar-refractivity contribution in [3.8, 4) is 0 Å². The molecule has 0 bridgehead atoms. The molecular formula is C30H56O3. The van der Waals surface area contributed by atoms with E-state index in [1.54, 1.807) is 0 Å². The molecule has 0 N–H and O–H groups in total. The van der Waals surface area contributed by atoms with Crippen LogP contribution in [0.1, 0.15) is 149 Å². The molecule has 0 aromatic carbocycles. The van der Waals surface area contributed by atoms with Crippen LogP contribution >= 0.6 is 0 Å². The maximum atomic E-state index is 10.3. The Morgan fingerprint density at radius 1 is 0.606 bits per heavy atom. The Morgan fingerprint density at radius 2 is 1.00 bits per heavy atom. The molecule has 0 atom stereocenters. The zero-order valence-electron chi connectivity index (χ0n) is 22.5. The molecule has 33 heavy (non-hydrogen) atoms. The van der Waals surface area contributed by atoms with E-state index in [1.165, 1.54) is 103 Å². The number of unbranched alkanes of at least 4 members (excludes halogenated alkanes) is 16. The number of ether oxygens (including phenoxy) is 2. The third kappa shape index (κ3) is 35.3. The average molecular weight is 465 g/mol. The highest BCUT2D eigenvalue weighted by molar-refractivity contribution is 5.69. The van der Waals surface area contributed by atoms with Crippen LogP contribution in [0.5, 0.6) is 0 Å². The van der Waals surface area contributed by atoms with Gasteiger partial charge in [-0.15, -0.1) is 0 Å². The zero-order chi connectivity index (χ0) is 24.7. The molecule has 0 amide bonds. The van der Waals surface area contributed by atoms with Crippen molar-refractivity contribution in [1.29, 1.82) is 0 Å². The number of carbonyl (C=O) groups is 1. The molecule has 0 aromatic heterocycles. The quantitative estimate of drug-likeness (QED) is 0.0856. The van der Waals surface area contributed by atoms with E-state index in [2.05, 4.69) is 37.3 Å². The van der Waals surface area contributed by atoms with E-state index >= 15 is 0 Å². The molecule has 0 rings (SSSR count). The lowest BCUT2D eigenvalue weighted by molar-refractivity contribution is -0.137. The smallest absolute Gasteiger partial charge is 0.310 e. The van der Waals surface area contributed by atoms with Crippen molar-refractivity contribution in [3.63, 3.8) is 0 Å². The molecule has 0 aliphatic carbocycles. The van der Waals surface area contributed by atoms with Crippen molar-refractivity contribution in [2.45, 2.75) is 149 Å². The van der Waals surface area contributed by atoms with Gasteiger partial charge in [-0.1, -0.05) is 117 Å². The third-order valence-corrected chi connectivity index (χ3v) is 5.47. The Morgan fingerprint density at radius 3 is 1.36 bits per heavy atom. The summed E-state index contributed by atoms with van der Waals surface area (Å²) in [5, 5.41) is 0. The van der Waals surface area contributed by atoms with Gasteiger partial charge < -0.3 is 9.47 Å². The summed E-state index contributed by atoms with van der Waals surface area (Å²) in [6.45, 7) is 9.72. The number of rotatable bonds is 23. The fraction of sp³-hybridized carbons (Fsp3) is 0.767. The lowest BCUT2D eigenvalue weighted by Crippen LogP contribution is -1.96. The summed E-state index contributed by atoms with van der Waals surface area (Å²) >= 11 is 0. The molecule has 0 aromatic rings. The van der Waals surface area contributed by atoms with Crippen molar-refractivity contribution in [3.05, 3.63) is 37.5 Å². The molecule has 0 fully saturated rings. The third-order valence-electron chi connectivity index (χ3n) is 5.47. The highest BCUT2D eigenvalue weighted by Gasteiger charge is 1.94. The summed E-state index contributed by atoms with van der Waals surface area (Å²) < 4.78 is 9.82. The Labute approximate surface area is 207 Å². The highest BCUT2D eigenvalue weighted by atomic mass is 16.5. The number of carbonyl (C=O) groups excluding carboxylic acids is 1. The zero-order valence-corrected chi connectivity index (χ0v) is 22.5. The predicted molar refractivity (Wildman–Crippen MR) is 145 cm³/mol. The summed E-state index contributed by atoms with van der Waals surface area (Å²) in [5.74, 6) is -0.206. The van der Waals surface area contributed by atoms with E-state index in [0.29, 0.717) is 6.42 Å². The first-order valence-electron chi connectivity index (χ1n) is 14.0. The Balaban J connectivity index is 0. The van der Waals surface area contributed by atoms with Gasteiger partial charge in [0.05, 0.1) is 18.8 Å². The normalized spacial score (nSPS) is 10.9. The van der Waals surface area contributed by atoms with Crippen LogP contribution in [-0.4, -0.2) is 5.97 Å². The maximum Gasteiger partial charge on any atom is 0.310 e. The van der Waals surface area contributed by atoms with Crippen LogP contribution in [0.2, 0.25) is 0 Å². The van der Waals surface area contributed by atoms with E-state index in [4.69, 9.17) is 4.74 Å². The largest absolute Gasteiger partial charge is 0.473 e. The van der Waals surface area contributed by atoms with Gasteiger partial charge >= 0.3 is 5.97 Å². The molecular weight excluding hydrogens is 408 g/mol. The Bertz CT molecular complexity index is 412. The number of esters is 1. The summed E-state index contributed by atoms with van der Waals surface area (Å²) in [5.41, 5.74) is 0. The molecule has 0 saturated heterocycles. The monoisotopic (exact) mass is 464 g/mol. The van der Waals surface area contributed by atoms with Crippen LogP contribution in [-0.2, 0) is 14.3 Å². The minimum absolute atomic E-state index is 0.206. The first kappa shape index (κ1) is 33.7. The molecule has 0 saturated carbocycles. The Hall–Kier alpha value is -1.51. The fourth-order valence-electron chi connectivity index (χ4n) is 3.44. The fourth-order valence-corrected chi connectivity index (χ4v) is 3.44. The average Bonchev–Trinajstić information content (AvgIpc) is 2.81. The van der Waals surface area contributed by atoms with E-state index in [0.717, 1.165) is 25.5 Å². The van der Waals surface area contributed by atoms with Gasteiger partial charge in [-0.3, -0.25) is 4.79 Å². The standard InChI is InChI=1S/C24H46O.C6H10O2/c1-3-5-7-9-11-13-15-17-19-21-23-25-24-22-20-18-16-14-12-10-8-6-4-2;1-3-5-6(7)8-4-2/h21-24H,3-20H2,1-2H3;4H,2-3,5H2,1H3. The van der Waals surface area contributed by atoms with Gasteiger partial charge in [0.2, 0.25) is 0 Å². The molecule has 3 nitrogen and oxygen atoms in total. The first-order valence-corrected chi connectivity index (χ1v) is 14.0. The van der Waals surface area contributed by atoms with Crippen LogP contribution in [0.3, 0.4) is 0 Å². The molecule has 0 spiro atoms. The van der Waals surface area contributed by atoms with Crippen LogP contribution in [0.25, 0.3) is 0 Å². The lowest BCUT2D eigenvalue weighted by Gasteiger charge is -2.00. The van der Waals surface area contributed by atoms with Crippen molar-refractivity contribution < 1.29 is 14.3 Å².